The first-order valence-corrected chi connectivity index (χ1v) is 10.6. The fraction of sp³-hybridized carbons (Fsp3) is 0.440. The summed E-state index contributed by atoms with van der Waals surface area (Å²) < 4.78 is 11.1. The van der Waals surface area contributed by atoms with E-state index in [0.717, 1.165) is 11.1 Å². The number of methoxy groups -OCH3 is 1. The number of hydrogen-bond acceptors (Lipinski definition) is 5. The molecule has 0 unspecified atom stereocenters. The van der Waals surface area contributed by atoms with Crippen molar-refractivity contribution in [1.82, 2.24) is 10.2 Å². The molecule has 0 aromatic heterocycles. The van der Waals surface area contributed by atoms with Gasteiger partial charge in [-0.3, -0.25) is 9.69 Å². The van der Waals surface area contributed by atoms with Gasteiger partial charge in [-0.1, -0.05) is 60.7 Å². The Balaban J connectivity index is 1.84. The predicted molar refractivity (Wildman–Crippen MR) is 119 cm³/mol. The number of carbonyl (C=O) groups is 2. The largest absolute Gasteiger partial charge is 0.467 e. The molecule has 2 aromatic carbocycles. The standard InChI is InChI=1S/C25H32N2O4/c1-18(27-21(17-31-24(27,2)3)20-14-10-7-11-15-20)22(28)26-25(4,23(29)30-5)16-19-12-8-6-9-13-19/h6-15,18,21H,16-17H2,1-5H3,(H,26,28)/t18-,21+,25+/m1/s1. The van der Waals surface area contributed by atoms with Gasteiger partial charge in [-0.05, 0) is 38.8 Å². The van der Waals surface area contributed by atoms with E-state index in [1.54, 1.807) is 6.92 Å². The van der Waals surface area contributed by atoms with E-state index in [0.29, 0.717) is 13.0 Å². The summed E-state index contributed by atoms with van der Waals surface area (Å²) in [6, 6.07) is 19.0. The van der Waals surface area contributed by atoms with Crippen molar-refractivity contribution in [2.45, 2.75) is 57.5 Å². The number of carbonyl (C=O) groups excluding carboxylic acids is 2. The quantitative estimate of drug-likeness (QED) is 0.690. The minimum atomic E-state index is -1.19. The van der Waals surface area contributed by atoms with Gasteiger partial charge in [0.2, 0.25) is 5.91 Å². The molecule has 1 aliphatic rings. The summed E-state index contributed by atoms with van der Waals surface area (Å²) in [4.78, 5) is 28.1. The fourth-order valence-corrected chi connectivity index (χ4v) is 4.38. The van der Waals surface area contributed by atoms with Gasteiger partial charge in [0.1, 0.15) is 11.3 Å². The highest BCUT2D eigenvalue weighted by molar-refractivity contribution is 5.90. The minimum Gasteiger partial charge on any atom is -0.467 e. The molecule has 3 rings (SSSR count). The molecule has 0 saturated carbocycles. The van der Waals surface area contributed by atoms with Crippen LogP contribution in [0.2, 0.25) is 0 Å². The van der Waals surface area contributed by atoms with Crippen LogP contribution in [0.1, 0.15) is 44.9 Å². The zero-order chi connectivity index (χ0) is 22.6. The van der Waals surface area contributed by atoms with E-state index >= 15 is 0 Å². The lowest BCUT2D eigenvalue weighted by molar-refractivity contribution is -0.152. The Bertz CT molecular complexity index is 900. The van der Waals surface area contributed by atoms with Gasteiger partial charge in [-0.25, -0.2) is 4.79 Å². The van der Waals surface area contributed by atoms with Crippen LogP contribution in [0.5, 0.6) is 0 Å². The summed E-state index contributed by atoms with van der Waals surface area (Å²) in [7, 11) is 1.34. The number of nitrogens with zero attached hydrogens (tertiary/aromatic N) is 1. The first-order chi connectivity index (χ1) is 14.7. The molecular weight excluding hydrogens is 392 g/mol. The molecule has 166 valence electrons. The van der Waals surface area contributed by atoms with Crippen LogP contribution in [0.15, 0.2) is 60.7 Å². The van der Waals surface area contributed by atoms with E-state index in [-0.39, 0.29) is 11.9 Å². The zero-order valence-electron chi connectivity index (χ0n) is 18.9. The third-order valence-corrected chi connectivity index (χ3v) is 5.97. The number of benzene rings is 2. The molecule has 1 saturated heterocycles. The van der Waals surface area contributed by atoms with Crippen molar-refractivity contribution in [2.75, 3.05) is 13.7 Å². The molecule has 1 heterocycles. The lowest BCUT2D eigenvalue weighted by Gasteiger charge is -2.39. The van der Waals surface area contributed by atoms with Crippen molar-refractivity contribution in [3.63, 3.8) is 0 Å². The lowest BCUT2D eigenvalue weighted by atomic mass is 9.92. The van der Waals surface area contributed by atoms with Gasteiger partial charge >= 0.3 is 5.97 Å². The van der Waals surface area contributed by atoms with Crippen LogP contribution in [-0.2, 0) is 25.5 Å². The fourth-order valence-electron chi connectivity index (χ4n) is 4.38. The Kier molecular flexibility index (Phi) is 6.82. The zero-order valence-corrected chi connectivity index (χ0v) is 18.9. The highest BCUT2D eigenvalue weighted by Crippen LogP contribution is 2.38. The number of nitrogens with one attached hydrogen (secondary N) is 1. The molecule has 3 atom stereocenters. The Labute approximate surface area is 184 Å². The average molecular weight is 425 g/mol. The van der Waals surface area contributed by atoms with Crippen molar-refractivity contribution >= 4 is 11.9 Å². The lowest BCUT2D eigenvalue weighted by Crippen LogP contribution is -2.60. The van der Waals surface area contributed by atoms with Gasteiger partial charge in [0, 0.05) is 6.42 Å². The summed E-state index contributed by atoms with van der Waals surface area (Å²) in [5.41, 5.74) is 0.218. The summed E-state index contributed by atoms with van der Waals surface area (Å²) >= 11 is 0. The summed E-state index contributed by atoms with van der Waals surface area (Å²) in [5.74, 6) is -0.725. The van der Waals surface area contributed by atoms with E-state index in [1.807, 2.05) is 81.4 Å². The number of ether oxygens (including phenoxy) is 2. The predicted octanol–water partition coefficient (Wildman–Crippen LogP) is 3.48. The normalized spacial score (nSPS) is 21.1. The molecule has 1 aliphatic heterocycles. The van der Waals surface area contributed by atoms with Crippen LogP contribution in [0, 0.1) is 0 Å². The highest BCUT2D eigenvalue weighted by Gasteiger charge is 2.47. The maximum absolute atomic E-state index is 13.4. The second kappa shape index (κ2) is 9.20. The van der Waals surface area contributed by atoms with E-state index in [9.17, 15) is 9.59 Å². The SMILES string of the molecule is COC(=O)[C@](C)(Cc1ccccc1)NC(=O)[C@@H](C)N1[C@H](c2ccccc2)COC1(C)C. The summed E-state index contributed by atoms with van der Waals surface area (Å²) in [6.07, 6.45) is 0.334. The van der Waals surface area contributed by atoms with Gasteiger partial charge in [0.15, 0.2) is 0 Å². The third kappa shape index (κ3) is 4.97. The van der Waals surface area contributed by atoms with E-state index in [4.69, 9.17) is 9.47 Å². The van der Waals surface area contributed by atoms with Crippen LogP contribution >= 0.6 is 0 Å². The maximum Gasteiger partial charge on any atom is 0.331 e. The maximum atomic E-state index is 13.4. The molecule has 1 amide bonds. The van der Waals surface area contributed by atoms with Crippen LogP contribution < -0.4 is 5.32 Å². The van der Waals surface area contributed by atoms with Crippen LogP contribution in [-0.4, -0.2) is 47.8 Å². The molecule has 6 heteroatoms. The first-order valence-electron chi connectivity index (χ1n) is 10.6. The van der Waals surface area contributed by atoms with Crippen molar-refractivity contribution in [2.24, 2.45) is 0 Å². The minimum absolute atomic E-state index is 0.0598. The summed E-state index contributed by atoms with van der Waals surface area (Å²) in [5, 5.41) is 2.97. The summed E-state index contributed by atoms with van der Waals surface area (Å²) in [6.45, 7) is 7.97. The van der Waals surface area contributed by atoms with Gasteiger partial charge in [0.25, 0.3) is 0 Å². The van der Waals surface area contributed by atoms with Gasteiger partial charge in [-0.2, -0.15) is 0 Å². The number of hydrogen-bond donors (Lipinski definition) is 1. The molecule has 2 aromatic rings. The first kappa shape index (κ1) is 23.0. The number of amides is 1. The second-order valence-electron chi connectivity index (χ2n) is 8.74. The van der Waals surface area contributed by atoms with Crippen LogP contribution in [0.4, 0.5) is 0 Å². The Morgan fingerprint density at radius 3 is 2.32 bits per heavy atom. The molecule has 0 aliphatic carbocycles. The monoisotopic (exact) mass is 424 g/mol. The van der Waals surface area contributed by atoms with E-state index in [2.05, 4.69) is 10.2 Å². The molecule has 0 radical (unpaired) electrons. The van der Waals surface area contributed by atoms with Gasteiger partial charge in [0.05, 0.1) is 25.8 Å². The Hall–Kier alpha value is -2.70. The van der Waals surface area contributed by atoms with Crippen molar-refractivity contribution < 1.29 is 19.1 Å². The number of rotatable bonds is 7. The van der Waals surface area contributed by atoms with Gasteiger partial charge in [-0.15, -0.1) is 0 Å². The Morgan fingerprint density at radius 2 is 1.74 bits per heavy atom. The molecule has 1 fully saturated rings. The van der Waals surface area contributed by atoms with Crippen LogP contribution in [0.25, 0.3) is 0 Å². The molecule has 0 bridgehead atoms. The molecular formula is C25H32N2O4. The smallest absolute Gasteiger partial charge is 0.331 e. The second-order valence-corrected chi connectivity index (χ2v) is 8.74. The molecule has 1 N–H and O–H groups in total. The van der Waals surface area contributed by atoms with Crippen LogP contribution in [0.3, 0.4) is 0 Å². The topological polar surface area (TPSA) is 67.9 Å². The number of esters is 1. The van der Waals surface area contributed by atoms with E-state index in [1.165, 1.54) is 7.11 Å². The van der Waals surface area contributed by atoms with Crippen molar-refractivity contribution in [3.05, 3.63) is 71.8 Å². The van der Waals surface area contributed by atoms with E-state index < -0.39 is 23.3 Å². The molecule has 0 spiro atoms. The molecule has 6 nitrogen and oxygen atoms in total. The molecule has 31 heavy (non-hydrogen) atoms. The van der Waals surface area contributed by atoms with Gasteiger partial charge < -0.3 is 14.8 Å². The highest BCUT2D eigenvalue weighted by atomic mass is 16.5. The van der Waals surface area contributed by atoms with Crippen molar-refractivity contribution in [3.8, 4) is 0 Å². The van der Waals surface area contributed by atoms with Crippen molar-refractivity contribution in [1.29, 1.82) is 0 Å². The third-order valence-electron chi connectivity index (χ3n) is 5.97. The average Bonchev–Trinajstić information content (AvgIpc) is 3.08. The Morgan fingerprint density at radius 1 is 1.16 bits per heavy atom.